The molecule has 0 unspecified atom stereocenters. The minimum absolute atomic E-state index is 0.567. The first kappa shape index (κ1) is 14.9. The van der Waals surface area contributed by atoms with Crippen LogP contribution in [0.3, 0.4) is 0 Å². The van der Waals surface area contributed by atoms with Crippen molar-refractivity contribution >= 4 is 6.09 Å². The molecule has 1 heterocycles. The summed E-state index contributed by atoms with van der Waals surface area (Å²) in [4.78, 5) is 10.9. The van der Waals surface area contributed by atoms with Crippen LogP contribution in [0.4, 0.5) is 4.79 Å². The highest BCUT2D eigenvalue weighted by Crippen LogP contribution is 2.26. The smallest absolute Gasteiger partial charge is 0.405 e. The summed E-state index contributed by atoms with van der Waals surface area (Å²) in [5.74, 6) is 0.667. The van der Waals surface area contributed by atoms with Crippen LogP contribution in [0.15, 0.2) is 24.3 Å². The number of carbonyl (C=O) groups is 1. The number of primary amides is 1. The summed E-state index contributed by atoms with van der Waals surface area (Å²) in [6.45, 7) is 5.95. The summed E-state index contributed by atoms with van der Waals surface area (Å²) in [5.41, 5.74) is 7.09. The molecule has 2 rings (SSSR count). The number of rotatable bonds is 4. The van der Waals surface area contributed by atoms with E-state index in [2.05, 4.69) is 29.6 Å². The molecule has 1 aliphatic rings. The number of benzene rings is 1. The molecule has 4 nitrogen and oxygen atoms in total. The topological polar surface area (TPSA) is 64.3 Å². The lowest BCUT2D eigenvalue weighted by atomic mass is 9.89. The zero-order chi connectivity index (χ0) is 14.6. The Balaban J connectivity index is 1.99. The number of amides is 1. The SMILES string of the molecule is CC(C)(Cc1ccc(C2CCNCC2)cc1)OC(N)=O. The maximum atomic E-state index is 10.9. The van der Waals surface area contributed by atoms with Crippen molar-refractivity contribution < 1.29 is 9.53 Å². The van der Waals surface area contributed by atoms with Crippen molar-refractivity contribution in [2.45, 2.75) is 44.6 Å². The second kappa shape index (κ2) is 6.27. The van der Waals surface area contributed by atoms with E-state index in [0.717, 1.165) is 18.7 Å². The van der Waals surface area contributed by atoms with Gasteiger partial charge in [0.05, 0.1) is 0 Å². The average molecular weight is 276 g/mol. The summed E-state index contributed by atoms with van der Waals surface area (Å²) in [5, 5.41) is 3.38. The van der Waals surface area contributed by atoms with E-state index >= 15 is 0 Å². The molecule has 0 spiro atoms. The number of hydrogen-bond donors (Lipinski definition) is 2. The summed E-state index contributed by atoms with van der Waals surface area (Å²) in [6, 6.07) is 8.66. The van der Waals surface area contributed by atoms with Gasteiger partial charge in [-0.1, -0.05) is 24.3 Å². The number of nitrogens with two attached hydrogens (primary N) is 1. The van der Waals surface area contributed by atoms with Crippen molar-refractivity contribution in [3.05, 3.63) is 35.4 Å². The Bertz CT molecular complexity index is 448. The largest absolute Gasteiger partial charge is 0.443 e. The van der Waals surface area contributed by atoms with E-state index in [4.69, 9.17) is 10.5 Å². The third kappa shape index (κ3) is 4.23. The molecule has 1 saturated heterocycles. The van der Waals surface area contributed by atoms with Gasteiger partial charge < -0.3 is 15.8 Å². The van der Waals surface area contributed by atoms with Crippen LogP contribution in [0.1, 0.15) is 43.7 Å². The maximum Gasteiger partial charge on any atom is 0.405 e. The molecule has 0 radical (unpaired) electrons. The van der Waals surface area contributed by atoms with Crippen LogP contribution in [-0.2, 0) is 11.2 Å². The van der Waals surface area contributed by atoms with E-state index in [-0.39, 0.29) is 0 Å². The molecule has 0 atom stereocenters. The van der Waals surface area contributed by atoms with Gasteiger partial charge >= 0.3 is 6.09 Å². The standard InChI is InChI=1S/C16H24N2O2/c1-16(2,20-15(17)19)11-12-3-5-13(6-4-12)14-7-9-18-10-8-14/h3-6,14,18H,7-11H2,1-2H3,(H2,17,19). The van der Waals surface area contributed by atoms with Gasteiger partial charge in [0.2, 0.25) is 0 Å². The van der Waals surface area contributed by atoms with Crippen LogP contribution >= 0.6 is 0 Å². The molecule has 0 saturated carbocycles. The Hall–Kier alpha value is -1.55. The van der Waals surface area contributed by atoms with Crippen LogP contribution < -0.4 is 11.1 Å². The molecule has 4 heteroatoms. The minimum atomic E-state index is -0.721. The highest BCUT2D eigenvalue weighted by molar-refractivity contribution is 5.65. The Morgan fingerprint density at radius 1 is 1.30 bits per heavy atom. The molecule has 1 aromatic rings. The van der Waals surface area contributed by atoms with E-state index in [1.54, 1.807) is 0 Å². The van der Waals surface area contributed by atoms with Crippen LogP contribution in [-0.4, -0.2) is 24.8 Å². The molecular formula is C16H24N2O2. The molecule has 1 aromatic carbocycles. The van der Waals surface area contributed by atoms with E-state index < -0.39 is 11.7 Å². The maximum absolute atomic E-state index is 10.9. The minimum Gasteiger partial charge on any atom is -0.443 e. The number of carbonyl (C=O) groups excluding carboxylic acids is 1. The third-order valence-corrected chi connectivity index (χ3v) is 3.80. The fourth-order valence-corrected chi connectivity index (χ4v) is 2.86. The molecule has 20 heavy (non-hydrogen) atoms. The third-order valence-electron chi connectivity index (χ3n) is 3.80. The van der Waals surface area contributed by atoms with Crippen molar-refractivity contribution in [1.29, 1.82) is 0 Å². The molecule has 1 fully saturated rings. The summed E-state index contributed by atoms with van der Waals surface area (Å²) < 4.78 is 5.12. The van der Waals surface area contributed by atoms with E-state index in [9.17, 15) is 4.79 Å². The van der Waals surface area contributed by atoms with E-state index in [0.29, 0.717) is 12.3 Å². The molecule has 0 aromatic heterocycles. The van der Waals surface area contributed by atoms with Crippen molar-refractivity contribution in [3.63, 3.8) is 0 Å². The first-order chi connectivity index (χ1) is 9.46. The molecule has 1 aliphatic heterocycles. The van der Waals surface area contributed by atoms with Gasteiger partial charge in [0.25, 0.3) is 0 Å². The normalized spacial score (nSPS) is 16.9. The van der Waals surface area contributed by atoms with Crippen LogP contribution in [0.2, 0.25) is 0 Å². The second-order valence-electron chi connectivity index (χ2n) is 6.12. The van der Waals surface area contributed by atoms with Crippen molar-refractivity contribution in [2.75, 3.05) is 13.1 Å². The number of nitrogens with one attached hydrogen (secondary N) is 1. The molecule has 3 N–H and O–H groups in total. The summed E-state index contributed by atoms with van der Waals surface area (Å²) in [7, 11) is 0. The van der Waals surface area contributed by atoms with E-state index in [1.165, 1.54) is 18.4 Å². The first-order valence-corrected chi connectivity index (χ1v) is 7.24. The van der Waals surface area contributed by atoms with Gasteiger partial charge in [0, 0.05) is 6.42 Å². The van der Waals surface area contributed by atoms with Gasteiger partial charge in [-0.25, -0.2) is 4.79 Å². The van der Waals surface area contributed by atoms with E-state index in [1.807, 2.05) is 13.8 Å². The number of piperidine rings is 1. The lowest BCUT2D eigenvalue weighted by molar-refractivity contribution is 0.0460. The van der Waals surface area contributed by atoms with Crippen molar-refractivity contribution in [1.82, 2.24) is 5.32 Å². The zero-order valence-corrected chi connectivity index (χ0v) is 12.3. The Morgan fingerprint density at radius 2 is 1.90 bits per heavy atom. The predicted molar refractivity (Wildman–Crippen MR) is 79.7 cm³/mol. The first-order valence-electron chi connectivity index (χ1n) is 7.24. The lowest BCUT2D eigenvalue weighted by Crippen LogP contribution is -2.33. The summed E-state index contributed by atoms with van der Waals surface area (Å²) >= 11 is 0. The second-order valence-corrected chi connectivity index (χ2v) is 6.12. The van der Waals surface area contributed by atoms with Gasteiger partial charge in [0.15, 0.2) is 0 Å². The van der Waals surface area contributed by atoms with Gasteiger partial charge in [-0.3, -0.25) is 0 Å². The number of ether oxygens (including phenoxy) is 1. The number of hydrogen-bond acceptors (Lipinski definition) is 3. The van der Waals surface area contributed by atoms with Gasteiger partial charge in [-0.15, -0.1) is 0 Å². The average Bonchev–Trinajstić information content (AvgIpc) is 2.38. The molecule has 0 bridgehead atoms. The van der Waals surface area contributed by atoms with Crippen LogP contribution in [0.5, 0.6) is 0 Å². The fourth-order valence-electron chi connectivity index (χ4n) is 2.86. The molecule has 1 amide bonds. The molecular weight excluding hydrogens is 252 g/mol. The van der Waals surface area contributed by atoms with Crippen LogP contribution in [0.25, 0.3) is 0 Å². The molecule has 110 valence electrons. The monoisotopic (exact) mass is 276 g/mol. The molecule has 0 aliphatic carbocycles. The zero-order valence-electron chi connectivity index (χ0n) is 12.3. The summed E-state index contributed by atoms with van der Waals surface area (Å²) in [6.07, 6.45) is 2.36. The van der Waals surface area contributed by atoms with Crippen molar-refractivity contribution in [2.24, 2.45) is 5.73 Å². The van der Waals surface area contributed by atoms with Crippen molar-refractivity contribution in [3.8, 4) is 0 Å². The Kier molecular flexibility index (Phi) is 4.65. The quantitative estimate of drug-likeness (QED) is 0.888. The Labute approximate surface area is 120 Å². The highest BCUT2D eigenvalue weighted by Gasteiger charge is 2.22. The van der Waals surface area contributed by atoms with Crippen LogP contribution in [0, 0.1) is 0 Å². The Morgan fingerprint density at radius 3 is 2.45 bits per heavy atom. The predicted octanol–water partition coefficient (Wildman–Crippen LogP) is 2.57. The van der Waals surface area contributed by atoms with Gasteiger partial charge in [-0.05, 0) is 56.8 Å². The lowest BCUT2D eigenvalue weighted by Gasteiger charge is -2.25. The fraction of sp³-hybridized carbons (Fsp3) is 0.562. The van der Waals surface area contributed by atoms with Gasteiger partial charge in [-0.2, -0.15) is 0 Å². The van der Waals surface area contributed by atoms with Gasteiger partial charge in [0.1, 0.15) is 5.60 Å². The highest BCUT2D eigenvalue weighted by atomic mass is 16.6.